The Morgan fingerprint density at radius 1 is 1.32 bits per heavy atom. The number of benzene rings is 1. The molecule has 0 heterocycles. The summed E-state index contributed by atoms with van der Waals surface area (Å²) in [6.45, 7) is 1.96. The van der Waals surface area contributed by atoms with Crippen molar-refractivity contribution in [3.63, 3.8) is 0 Å². The van der Waals surface area contributed by atoms with E-state index in [1.165, 1.54) is 19.3 Å². The van der Waals surface area contributed by atoms with Gasteiger partial charge in [-0.25, -0.2) is 0 Å². The number of fused-ring (bicyclic) bond motifs is 2. The molecule has 0 aromatic heterocycles. The van der Waals surface area contributed by atoms with Crippen LogP contribution in [0.2, 0.25) is 0 Å². The molecule has 0 unspecified atom stereocenters. The molecule has 102 valence electrons. The molecule has 19 heavy (non-hydrogen) atoms. The Morgan fingerprint density at radius 3 is 2.79 bits per heavy atom. The van der Waals surface area contributed by atoms with Gasteiger partial charge in [0.05, 0.1) is 12.7 Å². The minimum Gasteiger partial charge on any atom is -0.496 e. The number of hydrogen-bond acceptors (Lipinski definition) is 2. The summed E-state index contributed by atoms with van der Waals surface area (Å²) in [6, 6.07) is 6.10. The third kappa shape index (κ3) is 2.22. The standard InChI is InChI=1S/C16H21NO2/c1-10-4-3-5-14(19-2)15(10)16(18)17-13-9-11-6-7-12(13)8-11/h3-5,11-13H,6-9H2,1-2H3,(H,17,18)/t11-,12+,13-/m1/s1. The zero-order chi connectivity index (χ0) is 13.4. The van der Waals surface area contributed by atoms with Crippen LogP contribution in [0.15, 0.2) is 18.2 Å². The van der Waals surface area contributed by atoms with Crippen LogP contribution >= 0.6 is 0 Å². The smallest absolute Gasteiger partial charge is 0.255 e. The van der Waals surface area contributed by atoms with Crippen molar-refractivity contribution in [1.82, 2.24) is 5.32 Å². The fraction of sp³-hybridized carbons (Fsp3) is 0.562. The van der Waals surface area contributed by atoms with Crippen LogP contribution in [0, 0.1) is 18.8 Å². The van der Waals surface area contributed by atoms with E-state index in [1.54, 1.807) is 7.11 Å². The lowest BCUT2D eigenvalue weighted by molar-refractivity contribution is 0.0919. The number of carbonyl (C=O) groups excluding carboxylic acids is 1. The van der Waals surface area contributed by atoms with Gasteiger partial charge in [-0.1, -0.05) is 18.6 Å². The predicted molar refractivity (Wildman–Crippen MR) is 74.4 cm³/mol. The second-order valence-electron chi connectivity index (χ2n) is 5.91. The van der Waals surface area contributed by atoms with Crippen LogP contribution in [0.5, 0.6) is 5.75 Å². The lowest BCUT2D eigenvalue weighted by Gasteiger charge is -2.23. The molecule has 1 aromatic rings. The van der Waals surface area contributed by atoms with E-state index in [2.05, 4.69) is 5.32 Å². The quantitative estimate of drug-likeness (QED) is 0.906. The zero-order valence-electron chi connectivity index (χ0n) is 11.6. The van der Waals surface area contributed by atoms with Crippen molar-refractivity contribution < 1.29 is 9.53 Å². The second kappa shape index (κ2) is 4.87. The van der Waals surface area contributed by atoms with Crippen LogP contribution in [0.4, 0.5) is 0 Å². The minimum absolute atomic E-state index is 0.0208. The maximum Gasteiger partial charge on any atom is 0.255 e. The summed E-state index contributed by atoms with van der Waals surface area (Å²) in [4.78, 5) is 12.5. The number of amides is 1. The number of ether oxygens (including phenoxy) is 1. The van der Waals surface area contributed by atoms with E-state index < -0.39 is 0 Å². The maximum absolute atomic E-state index is 12.5. The highest BCUT2D eigenvalue weighted by atomic mass is 16.5. The number of aryl methyl sites for hydroxylation is 1. The van der Waals surface area contributed by atoms with Crippen molar-refractivity contribution in [3.8, 4) is 5.75 Å². The van der Waals surface area contributed by atoms with E-state index in [4.69, 9.17) is 4.74 Å². The van der Waals surface area contributed by atoms with Crippen molar-refractivity contribution in [1.29, 1.82) is 0 Å². The molecule has 0 spiro atoms. The van der Waals surface area contributed by atoms with Gasteiger partial charge in [0.15, 0.2) is 0 Å². The molecule has 2 bridgehead atoms. The van der Waals surface area contributed by atoms with Crippen LogP contribution in [-0.4, -0.2) is 19.1 Å². The summed E-state index contributed by atoms with van der Waals surface area (Å²) in [5.41, 5.74) is 1.66. The monoisotopic (exact) mass is 259 g/mol. The summed E-state index contributed by atoms with van der Waals surface area (Å²) >= 11 is 0. The first kappa shape index (κ1) is 12.5. The molecule has 1 amide bonds. The van der Waals surface area contributed by atoms with Crippen LogP contribution in [0.3, 0.4) is 0 Å². The first-order valence-corrected chi connectivity index (χ1v) is 7.13. The van der Waals surface area contributed by atoms with Gasteiger partial charge >= 0.3 is 0 Å². The van der Waals surface area contributed by atoms with Crippen molar-refractivity contribution >= 4 is 5.91 Å². The summed E-state index contributed by atoms with van der Waals surface area (Å²) in [5.74, 6) is 2.23. The van der Waals surface area contributed by atoms with Gasteiger partial charge in [0.25, 0.3) is 5.91 Å². The maximum atomic E-state index is 12.5. The van der Waals surface area contributed by atoms with Gasteiger partial charge in [0, 0.05) is 6.04 Å². The minimum atomic E-state index is 0.0208. The Kier molecular flexibility index (Phi) is 3.21. The molecule has 0 aliphatic heterocycles. The fourth-order valence-electron chi connectivity index (χ4n) is 3.76. The molecule has 1 aromatic carbocycles. The normalized spacial score (nSPS) is 28.4. The van der Waals surface area contributed by atoms with Crippen molar-refractivity contribution in [3.05, 3.63) is 29.3 Å². The lowest BCUT2D eigenvalue weighted by Crippen LogP contribution is -2.38. The average molecular weight is 259 g/mol. The summed E-state index contributed by atoms with van der Waals surface area (Å²) < 4.78 is 5.31. The summed E-state index contributed by atoms with van der Waals surface area (Å²) in [5, 5.41) is 3.22. The van der Waals surface area contributed by atoms with Crippen molar-refractivity contribution in [2.24, 2.45) is 11.8 Å². The molecule has 0 radical (unpaired) electrons. The first-order chi connectivity index (χ1) is 9.19. The van der Waals surface area contributed by atoms with Gasteiger partial charge < -0.3 is 10.1 Å². The number of nitrogens with one attached hydrogen (secondary N) is 1. The van der Waals surface area contributed by atoms with Gasteiger partial charge in [-0.15, -0.1) is 0 Å². The Morgan fingerprint density at radius 2 is 2.16 bits per heavy atom. The Labute approximate surface area is 114 Å². The van der Waals surface area contributed by atoms with E-state index in [9.17, 15) is 4.79 Å². The highest BCUT2D eigenvalue weighted by Gasteiger charge is 2.40. The summed E-state index contributed by atoms with van der Waals surface area (Å²) in [7, 11) is 1.61. The van der Waals surface area contributed by atoms with E-state index in [1.807, 2.05) is 25.1 Å². The third-order valence-corrected chi connectivity index (χ3v) is 4.74. The molecule has 2 aliphatic rings. The Hall–Kier alpha value is -1.51. The molecule has 3 atom stereocenters. The number of methoxy groups -OCH3 is 1. The highest BCUT2D eigenvalue weighted by molar-refractivity contribution is 5.98. The topological polar surface area (TPSA) is 38.3 Å². The van der Waals surface area contributed by atoms with Gasteiger partial charge in [0.2, 0.25) is 0 Å². The number of hydrogen-bond donors (Lipinski definition) is 1. The molecule has 2 aliphatic carbocycles. The third-order valence-electron chi connectivity index (χ3n) is 4.74. The summed E-state index contributed by atoms with van der Waals surface area (Å²) in [6.07, 6.45) is 5.09. The fourth-order valence-corrected chi connectivity index (χ4v) is 3.76. The van der Waals surface area contributed by atoms with Gasteiger partial charge in [-0.3, -0.25) is 4.79 Å². The zero-order valence-corrected chi connectivity index (χ0v) is 11.6. The largest absolute Gasteiger partial charge is 0.496 e. The molecule has 3 nitrogen and oxygen atoms in total. The Balaban J connectivity index is 1.77. The molecule has 3 heteroatoms. The van der Waals surface area contributed by atoms with Crippen molar-refractivity contribution in [2.45, 2.75) is 38.6 Å². The van der Waals surface area contributed by atoms with Gasteiger partial charge in [0.1, 0.15) is 5.75 Å². The molecule has 2 saturated carbocycles. The predicted octanol–water partition coefficient (Wildman–Crippen LogP) is 2.92. The average Bonchev–Trinajstić information content (AvgIpc) is 3.00. The van der Waals surface area contributed by atoms with Crippen LogP contribution in [-0.2, 0) is 0 Å². The Bertz CT molecular complexity index is 498. The molecule has 2 fully saturated rings. The van der Waals surface area contributed by atoms with Crippen LogP contribution in [0.25, 0.3) is 0 Å². The molecular formula is C16H21NO2. The molecule has 1 N–H and O–H groups in total. The van der Waals surface area contributed by atoms with E-state index in [-0.39, 0.29) is 5.91 Å². The van der Waals surface area contributed by atoms with Gasteiger partial charge in [-0.05, 0) is 49.7 Å². The SMILES string of the molecule is COc1cccc(C)c1C(=O)N[C@@H]1C[C@@H]2CC[C@H]1C2. The highest BCUT2D eigenvalue weighted by Crippen LogP contribution is 2.44. The molecule has 0 saturated heterocycles. The lowest BCUT2D eigenvalue weighted by atomic mass is 9.95. The first-order valence-electron chi connectivity index (χ1n) is 7.13. The number of carbonyl (C=O) groups is 1. The number of rotatable bonds is 3. The van der Waals surface area contributed by atoms with E-state index >= 15 is 0 Å². The van der Waals surface area contributed by atoms with Crippen LogP contribution in [0.1, 0.15) is 41.6 Å². The van der Waals surface area contributed by atoms with E-state index in [0.29, 0.717) is 23.3 Å². The molecular weight excluding hydrogens is 238 g/mol. The van der Waals surface area contributed by atoms with E-state index in [0.717, 1.165) is 17.9 Å². The second-order valence-corrected chi connectivity index (χ2v) is 5.91. The van der Waals surface area contributed by atoms with Crippen LogP contribution < -0.4 is 10.1 Å². The van der Waals surface area contributed by atoms with Gasteiger partial charge in [-0.2, -0.15) is 0 Å². The van der Waals surface area contributed by atoms with Crippen molar-refractivity contribution in [2.75, 3.05) is 7.11 Å². The molecule has 3 rings (SSSR count).